The van der Waals surface area contributed by atoms with E-state index in [2.05, 4.69) is 13.8 Å². The van der Waals surface area contributed by atoms with Gasteiger partial charge in [-0.25, -0.2) is 0 Å². The van der Waals surface area contributed by atoms with E-state index in [4.69, 9.17) is 18.9 Å². The average Bonchev–Trinajstić information content (AvgIpc) is 2.29. The molecular formula is C10H18IO4-. The van der Waals surface area contributed by atoms with E-state index in [-0.39, 0.29) is 43.6 Å². The van der Waals surface area contributed by atoms with Crippen molar-refractivity contribution in [2.24, 2.45) is 0 Å². The van der Waals surface area contributed by atoms with E-state index in [9.17, 15) is 0 Å². The molecule has 4 nitrogen and oxygen atoms in total. The second-order valence-electron chi connectivity index (χ2n) is 3.55. The number of rotatable bonds is 3. The monoisotopic (exact) mass is 329 g/mol. The topological polar surface area (TPSA) is 36.9 Å². The van der Waals surface area contributed by atoms with Crippen molar-refractivity contribution >= 4 is 0 Å². The van der Waals surface area contributed by atoms with E-state index >= 15 is 0 Å². The van der Waals surface area contributed by atoms with Crippen LogP contribution in [0.5, 0.6) is 0 Å². The molecule has 0 radical (unpaired) electrons. The van der Waals surface area contributed by atoms with Gasteiger partial charge in [-0.3, -0.25) is 0 Å². The van der Waals surface area contributed by atoms with Crippen molar-refractivity contribution in [3.63, 3.8) is 0 Å². The van der Waals surface area contributed by atoms with Gasteiger partial charge in [0.1, 0.15) is 0 Å². The van der Waals surface area contributed by atoms with Crippen LogP contribution < -0.4 is 21.2 Å². The van der Waals surface area contributed by atoms with E-state index < -0.39 is 0 Å². The molecule has 2 aliphatic heterocycles. The Bertz CT molecular complexity index is 200. The quantitative estimate of drug-likeness (QED) is 0.441. The molecule has 90 valence electrons. The summed E-state index contributed by atoms with van der Waals surface area (Å²) in [7, 11) is 0. The molecule has 0 amide bonds. The number of hydrogen-bond donors (Lipinski definition) is 0. The molecule has 0 aromatic heterocycles. The number of fused-ring (bicyclic) bond motifs is 1. The first kappa shape index (κ1) is 12.0. The van der Waals surface area contributed by atoms with Gasteiger partial charge in [0, 0.05) is 0 Å². The Hall–Kier alpha value is 0.570. The minimum absolute atomic E-state index is 0.0533. The van der Waals surface area contributed by atoms with Crippen LogP contribution in [0.25, 0.3) is 0 Å². The maximum atomic E-state index is 5.63. The summed E-state index contributed by atoms with van der Waals surface area (Å²) < 4.78 is 23.9. The number of halogens is 1. The summed E-state index contributed by atoms with van der Waals surface area (Å²) in [6.45, 7) is 5.11. The first-order valence-corrected chi connectivity index (χ1v) is 8.18. The van der Waals surface area contributed by atoms with Crippen LogP contribution in [0.15, 0.2) is 0 Å². The average molecular weight is 329 g/mol. The predicted molar refractivity (Wildman–Crippen MR) is 50.1 cm³/mol. The van der Waals surface area contributed by atoms with Gasteiger partial charge >= 0.3 is 101 Å². The van der Waals surface area contributed by atoms with E-state index in [1.165, 1.54) is 4.43 Å². The second-order valence-corrected chi connectivity index (χ2v) is 7.19. The van der Waals surface area contributed by atoms with Crippen molar-refractivity contribution in [2.75, 3.05) is 18.0 Å². The van der Waals surface area contributed by atoms with Crippen molar-refractivity contribution < 1.29 is 40.2 Å². The van der Waals surface area contributed by atoms with Crippen LogP contribution in [-0.2, 0) is 18.9 Å². The number of hydrogen-bond acceptors (Lipinski definition) is 4. The van der Waals surface area contributed by atoms with E-state index in [1.54, 1.807) is 0 Å². The third-order valence-corrected chi connectivity index (χ3v) is 5.50. The molecule has 4 atom stereocenters. The summed E-state index contributed by atoms with van der Waals surface area (Å²) in [5.74, 6) is 0. The predicted octanol–water partition coefficient (Wildman–Crippen LogP) is -2.05. The normalized spacial score (nSPS) is 41.5. The zero-order chi connectivity index (χ0) is 10.7. The molecule has 2 fully saturated rings. The standard InChI is InChI=1S/C10H18IO4/c1-3-7-8-9(14-5-12-7)10(11-4-2)15-6-13-8/h7-10H,3-6H2,1-2H3/q-1. The van der Waals surface area contributed by atoms with Gasteiger partial charge in [0.25, 0.3) is 0 Å². The van der Waals surface area contributed by atoms with Crippen molar-refractivity contribution in [2.45, 2.75) is 42.7 Å². The molecular weight excluding hydrogens is 311 g/mol. The Balaban J connectivity index is 2.01. The Kier molecular flexibility index (Phi) is 4.63. The fraction of sp³-hybridized carbons (Fsp3) is 1.00. The van der Waals surface area contributed by atoms with Gasteiger partial charge < -0.3 is 0 Å². The first-order chi connectivity index (χ1) is 7.36. The fourth-order valence-corrected chi connectivity index (χ4v) is 4.33. The summed E-state index contributed by atoms with van der Waals surface area (Å²) in [5, 5.41) is 0. The molecule has 5 heteroatoms. The van der Waals surface area contributed by atoms with Gasteiger partial charge in [0.15, 0.2) is 0 Å². The van der Waals surface area contributed by atoms with E-state index in [0.717, 1.165) is 6.42 Å². The van der Waals surface area contributed by atoms with Crippen molar-refractivity contribution in [1.82, 2.24) is 0 Å². The minimum atomic E-state index is 0.0533. The molecule has 0 spiro atoms. The van der Waals surface area contributed by atoms with Gasteiger partial charge in [0.2, 0.25) is 0 Å². The fourth-order valence-electron chi connectivity index (χ4n) is 1.95. The third-order valence-electron chi connectivity index (χ3n) is 2.69. The Morgan fingerprint density at radius 1 is 1.00 bits per heavy atom. The molecule has 0 aromatic carbocycles. The van der Waals surface area contributed by atoms with Crippen LogP contribution in [0.2, 0.25) is 0 Å². The van der Waals surface area contributed by atoms with Gasteiger partial charge in [-0.1, -0.05) is 0 Å². The molecule has 15 heavy (non-hydrogen) atoms. The third kappa shape index (κ3) is 2.63. The molecule has 0 aromatic rings. The molecule has 2 saturated heterocycles. The van der Waals surface area contributed by atoms with Crippen LogP contribution >= 0.6 is 0 Å². The zero-order valence-corrected chi connectivity index (χ0v) is 11.3. The Morgan fingerprint density at radius 2 is 1.73 bits per heavy atom. The molecule has 2 heterocycles. The molecule has 0 aliphatic carbocycles. The molecule has 2 aliphatic rings. The van der Waals surface area contributed by atoms with Crippen molar-refractivity contribution in [3.8, 4) is 0 Å². The van der Waals surface area contributed by atoms with Crippen LogP contribution in [0, 0.1) is 0 Å². The van der Waals surface area contributed by atoms with E-state index in [1.807, 2.05) is 0 Å². The molecule has 0 bridgehead atoms. The Morgan fingerprint density at radius 3 is 2.47 bits per heavy atom. The maximum absolute atomic E-state index is 5.63. The summed E-state index contributed by atoms with van der Waals surface area (Å²) in [6.07, 6.45) is 1.33. The van der Waals surface area contributed by atoms with Crippen molar-refractivity contribution in [1.29, 1.82) is 0 Å². The second kappa shape index (κ2) is 5.77. The molecule has 0 N–H and O–H groups in total. The molecule has 2 rings (SSSR count). The van der Waals surface area contributed by atoms with Crippen LogP contribution in [-0.4, -0.2) is 40.4 Å². The first-order valence-electron chi connectivity index (χ1n) is 5.41. The van der Waals surface area contributed by atoms with E-state index in [0.29, 0.717) is 13.6 Å². The van der Waals surface area contributed by atoms with Gasteiger partial charge in [0.05, 0.1) is 0 Å². The summed E-state index contributed by atoms with van der Waals surface area (Å²) in [5.41, 5.74) is 0. The summed E-state index contributed by atoms with van der Waals surface area (Å²) in [4.78, 5) is 0. The SMILES string of the molecule is CC[I-]C1OCOC2C(CC)OCOC12. The van der Waals surface area contributed by atoms with Gasteiger partial charge in [-0.2, -0.15) is 0 Å². The van der Waals surface area contributed by atoms with Crippen LogP contribution in [0.3, 0.4) is 0 Å². The zero-order valence-electron chi connectivity index (χ0n) is 9.15. The number of alkyl halides is 2. The van der Waals surface area contributed by atoms with Crippen molar-refractivity contribution in [3.05, 3.63) is 0 Å². The number of ether oxygens (including phenoxy) is 4. The summed E-state index contributed by atoms with van der Waals surface area (Å²) >= 11 is 0.0533. The van der Waals surface area contributed by atoms with Gasteiger partial charge in [-0.05, 0) is 0 Å². The Labute approximate surface area is 101 Å². The van der Waals surface area contributed by atoms with Gasteiger partial charge in [-0.15, -0.1) is 0 Å². The van der Waals surface area contributed by atoms with Crippen LogP contribution in [0.1, 0.15) is 20.3 Å². The summed E-state index contributed by atoms with van der Waals surface area (Å²) in [6, 6.07) is 0. The molecule has 4 unspecified atom stereocenters. The molecule has 0 saturated carbocycles. The van der Waals surface area contributed by atoms with Crippen LogP contribution in [0.4, 0.5) is 0 Å².